The van der Waals surface area contributed by atoms with Crippen LogP contribution in [0.4, 0.5) is 8.78 Å². The van der Waals surface area contributed by atoms with Crippen LogP contribution < -0.4 is 0 Å². The number of aliphatic hydroxyl groups is 1. The quantitative estimate of drug-likeness (QED) is 0.564. The van der Waals surface area contributed by atoms with Gasteiger partial charge in [-0.05, 0) is 49.4 Å². The highest BCUT2D eigenvalue weighted by molar-refractivity contribution is 5.80. The van der Waals surface area contributed by atoms with Gasteiger partial charge in [0.05, 0.1) is 11.7 Å². The van der Waals surface area contributed by atoms with Gasteiger partial charge in [0.25, 0.3) is 5.91 Å². The first kappa shape index (κ1) is 24.0. The molecule has 1 fully saturated rings. The highest BCUT2D eigenvalue weighted by Gasteiger charge is 2.36. The summed E-state index contributed by atoms with van der Waals surface area (Å²) in [5.74, 6) is -0.968. The summed E-state index contributed by atoms with van der Waals surface area (Å²) in [6, 6.07) is 12.5. The third-order valence-electron chi connectivity index (χ3n) is 6.31. The lowest BCUT2D eigenvalue weighted by atomic mass is 9.89. The van der Waals surface area contributed by atoms with E-state index in [0.29, 0.717) is 38.4 Å². The molecule has 0 radical (unpaired) electrons. The molecule has 2 heterocycles. The van der Waals surface area contributed by atoms with Crippen molar-refractivity contribution >= 4 is 5.91 Å². The van der Waals surface area contributed by atoms with Crippen LogP contribution in [0.25, 0.3) is 11.3 Å². The molecule has 34 heavy (non-hydrogen) atoms. The Morgan fingerprint density at radius 1 is 1.21 bits per heavy atom. The zero-order valence-electron chi connectivity index (χ0n) is 19.3. The van der Waals surface area contributed by atoms with Gasteiger partial charge < -0.3 is 19.3 Å². The van der Waals surface area contributed by atoms with Gasteiger partial charge in [-0.3, -0.25) is 4.79 Å². The number of amides is 1. The van der Waals surface area contributed by atoms with Gasteiger partial charge in [0.15, 0.2) is 0 Å². The Morgan fingerprint density at radius 2 is 1.91 bits per heavy atom. The normalized spacial score (nSPS) is 16.3. The number of halogens is 2. The fraction of sp³-hybridized carbons (Fsp3) is 0.385. The van der Waals surface area contributed by atoms with Crippen LogP contribution >= 0.6 is 0 Å². The van der Waals surface area contributed by atoms with Crippen LogP contribution in [-0.4, -0.2) is 51.8 Å². The molecule has 0 bridgehead atoms. The molecule has 1 amide bonds. The van der Waals surface area contributed by atoms with Crippen molar-refractivity contribution in [2.24, 2.45) is 5.92 Å². The van der Waals surface area contributed by atoms with Crippen molar-refractivity contribution in [2.75, 3.05) is 20.3 Å². The van der Waals surface area contributed by atoms with E-state index in [1.807, 2.05) is 34.9 Å². The maximum absolute atomic E-state index is 14.6. The van der Waals surface area contributed by atoms with E-state index in [1.165, 1.54) is 11.8 Å². The number of rotatable bonds is 7. The summed E-state index contributed by atoms with van der Waals surface area (Å²) < 4.78 is 36.0. The Balaban J connectivity index is 1.84. The Bertz CT molecular complexity index is 1130. The lowest BCUT2D eigenvalue weighted by Gasteiger charge is -2.37. The van der Waals surface area contributed by atoms with Crippen molar-refractivity contribution in [1.82, 2.24) is 14.5 Å². The SMILES string of the molecule is C[C@H](O)C(=O)N(C)[C@@H](c1nc(-c2cc(F)ccc2F)cn1Cc1ccccc1)C1CCOCC1. The molecule has 180 valence electrons. The number of hydrogen-bond acceptors (Lipinski definition) is 4. The molecule has 0 spiro atoms. The second-order valence-electron chi connectivity index (χ2n) is 8.74. The van der Waals surface area contributed by atoms with E-state index in [0.717, 1.165) is 23.8 Å². The van der Waals surface area contributed by atoms with Crippen molar-refractivity contribution in [1.29, 1.82) is 0 Å². The molecule has 1 aliphatic heterocycles. The van der Waals surface area contributed by atoms with Crippen molar-refractivity contribution in [3.8, 4) is 11.3 Å². The van der Waals surface area contributed by atoms with Crippen LogP contribution in [-0.2, 0) is 16.1 Å². The van der Waals surface area contributed by atoms with E-state index in [4.69, 9.17) is 9.72 Å². The van der Waals surface area contributed by atoms with Gasteiger partial charge in [0.2, 0.25) is 0 Å². The lowest BCUT2D eigenvalue weighted by Crippen LogP contribution is -2.42. The molecule has 0 aliphatic carbocycles. The fourth-order valence-corrected chi connectivity index (χ4v) is 4.56. The van der Waals surface area contributed by atoms with Crippen LogP contribution in [0.1, 0.15) is 37.2 Å². The predicted octanol–water partition coefficient (Wildman–Crippen LogP) is 4.18. The number of likely N-dealkylation sites (N-methyl/N-ethyl adjacent to an activating group) is 1. The summed E-state index contributed by atoms with van der Waals surface area (Å²) in [5.41, 5.74) is 1.35. The van der Waals surface area contributed by atoms with Gasteiger partial charge in [-0.15, -0.1) is 0 Å². The highest BCUT2D eigenvalue weighted by Crippen LogP contribution is 2.36. The first-order valence-corrected chi connectivity index (χ1v) is 11.4. The van der Waals surface area contributed by atoms with Crippen LogP contribution in [0.3, 0.4) is 0 Å². The van der Waals surface area contributed by atoms with E-state index in [1.54, 1.807) is 13.2 Å². The minimum Gasteiger partial charge on any atom is -0.384 e. The van der Waals surface area contributed by atoms with E-state index >= 15 is 0 Å². The summed E-state index contributed by atoms with van der Waals surface area (Å²) in [7, 11) is 1.65. The Hall–Kier alpha value is -3.10. The second kappa shape index (κ2) is 10.4. The predicted molar refractivity (Wildman–Crippen MR) is 124 cm³/mol. The number of benzene rings is 2. The maximum Gasteiger partial charge on any atom is 0.251 e. The Morgan fingerprint density at radius 3 is 2.59 bits per heavy atom. The molecule has 1 saturated heterocycles. The number of ether oxygens (including phenoxy) is 1. The third-order valence-corrected chi connectivity index (χ3v) is 6.31. The molecule has 3 aromatic rings. The first-order chi connectivity index (χ1) is 16.3. The maximum atomic E-state index is 14.6. The van der Waals surface area contributed by atoms with Gasteiger partial charge in [-0.1, -0.05) is 30.3 Å². The van der Waals surface area contributed by atoms with Gasteiger partial charge >= 0.3 is 0 Å². The van der Waals surface area contributed by atoms with Crippen molar-refractivity contribution < 1.29 is 23.4 Å². The minimum absolute atomic E-state index is 0.0311. The molecule has 6 nitrogen and oxygen atoms in total. The highest BCUT2D eigenvalue weighted by atomic mass is 19.1. The summed E-state index contributed by atoms with van der Waals surface area (Å²) >= 11 is 0. The molecule has 4 rings (SSSR count). The number of hydrogen-bond donors (Lipinski definition) is 1. The third kappa shape index (κ3) is 5.18. The largest absolute Gasteiger partial charge is 0.384 e. The van der Waals surface area contributed by atoms with Crippen LogP contribution in [0.15, 0.2) is 54.7 Å². The fourth-order valence-electron chi connectivity index (χ4n) is 4.56. The number of carbonyl (C=O) groups excluding carboxylic acids is 1. The molecule has 2 aromatic carbocycles. The van der Waals surface area contributed by atoms with Crippen molar-refractivity contribution in [3.05, 3.63) is 77.8 Å². The summed E-state index contributed by atoms with van der Waals surface area (Å²) in [6.45, 7) is 2.99. The Kier molecular flexibility index (Phi) is 7.38. The second-order valence-corrected chi connectivity index (χ2v) is 8.74. The van der Waals surface area contributed by atoms with Crippen LogP contribution in [0.5, 0.6) is 0 Å². The number of imidazole rings is 1. The number of aromatic nitrogens is 2. The molecule has 1 N–H and O–H groups in total. The minimum atomic E-state index is -1.18. The molecule has 8 heteroatoms. The van der Waals surface area contributed by atoms with Crippen LogP contribution in [0, 0.1) is 17.6 Å². The topological polar surface area (TPSA) is 67.6 Å². The molecular formula is C26H29F2N3O3. The lowest BCUT2D eigenvalue weighted by molar-refractivity contribution is -0.142. The zero-order chi connectivity index (χ0) is 24.2. The van der Waals surface area contributed by atoms with E-state index < -0.39 is 29.7 Å². The summed E-state index contributed by atoms with van der Waals surface area (Å²) in [4.78, 5) is 19.1. The van der Waals surface area contributed by atoms with E-state index in [9.17, 15) is 18.7 Å². The monoisotopic (exact) mass is 469 g/mol. The van der Waals surface area contributed by atoms with Gasteiger partial charge in [0, 0.05) is 38.6 Å². The van der Waals surface area contributed by atoms with E-state index in [2.05, 4.69) is 0 Å². The summed E-state index contributed by atoms with van der Waals surface area (Å²) in [5, 5.41) is 10.0. The molecule has 1 aliphatic rings. The zero-order valence-corrected chi connectivity index (χ0v) is 19.3. The van der Waals surface area contributed by atoms with E-state index in [-0.39, 0.29) is 17.2 Å². The number of carbonyl (C=O) groups is 1. The Labute approximate surface area is 197 Å². The average molecular weight is 470 g/mol. The van der Waals surface area contributed by atoms with Crippen LogP contribution in [0.2, 0.25) is 0 Å². The van der Waals surface area contributed by atoms with Crippen molar-refractivity contribution in [2.45, 2.75) is 38.5 Å². The van der Waals surface area contributed by atoms with Gasteiger partial charge in [0.1, 0.15) is 23.6 Å². The molecule has 2 atom stereocenters. The molecule has 0 saturated carbocycles. The number of nitrogens with zero attached hydrogens (tertiary/aromatic N) is 3. The summed E-state index contributed by atoms with van der Waals surface area (Å²) in [6.07, 6.45) is 1.95. The standard InChI is InChI=1S/C26H29F2N3O3/c1-17(32)26(33)30(2)24(19-10-12-34-13-11-19)25-29-23(21-14-20(27)8-9-22(21)28)16-31(25)15-18-6-4-3-5-7-18/h3-9,14,16-17,19,24,32H,10-13,15H2,1-2H3/t17-,24+/m0/s1. The van der Waals surface area contributed by atoms with Crippen molar-refractivity contribution in [3.63, 3.8) is 0 Å². The first-order valence-electron chi connectivity index (χ1n) is 11.4. The number of aliphatic hydroxyl groups excluding tert-OH is 1. The smallest absolute Gasteiger partial charge is 0.251 e. The van der Waals surface area contributed by atoms with Gasteiger partial charge in [-0.25, -0.2) is 13.8 Å². The average Bonchev–Trinajstić information content (AvgIpc) is 3.24. The molecule has 0 unspecified atom stereocenters. The molecule has 1 aromatic heterocycles. The molecular weight excluding hydrogens is 440 g/mol. The van der Waals surface area contributed by atoms with Gasteiger partial charge in [-0.2, -0.15) is 0 Å².